The summed E-state index contributed by atoms with van der Waals surface area (Å²) in [6, 6.07) is 3.60. The molecular formula is C14H18N4O3. The fraction of sp³-hybridized carbons (Fsp3) is 0.357. The normalized spacial score (nSPS) is 10.4. The first-order valence-electron chi connectivity index (χ1n) is 6.64. The minimum absolute atomic E-state index is 0.0916. The maximum Gasteiger partial charge on any atom is 0.258 e. The average molecular weight is 290 g/mol. The summed E-state index contributed by atoms with van der Waals surface area (Å²) in [5.41, 5.74) is 1.56. The number of carbonyl (C=O) groups is 2. The molecule has 2 aromatic heterocycles. The van der Waals surface area contributed by atoms with Gasteiger partial charge in [-0.25, -0.2) is 4.98 Å². The van der Waals surface area contributed by atoms with Crippen molar-refractivity contribution in [1.29, 1.82) is 0 Å². The van der Waals surface area contributed by atoms with Gasteiger partial charge in [-0.15, -0.1) is 0 Å². The van der Waals surface area contributed by atoms with Crippen LogP contribution >= 0.6 is 0 Å². The summed E-state index contributed by atoms with van der Waals surface area (Å²) in [4.78, 5) is 26.6. The summed E-state index contributed by atoms with van der Waals surface area (Å²) < 4.78 is 7.34. The Morgan fingerprint density at radius 1 is 1.33 bits per heavy atom. The van der Waals surface area contributed by atoms with Crippen molar-refractivity contribution in [3.63, 3.8) is 0 Å². The zero-order valence-electron chi connectivity index (χ0n) is 12.0. The number of hydrogen-bond acceptors (Lipinski definition) is 4. The molecule has 21 heavy (non-hydrogen) atoms. The van der Waals surface area contributed by atoms with Crippen molar-refractivity contribution in [3.8, 4) is 5.75 Å². The van der Waals surface area contributed by atoms with Crippen molar-refractivity contribution < 1.29 is 14.3 Å². The van der Waals surface area contributed by atoms with Gasteiger partial charge in [0, 0.05) is 32.4 Å². The maximum absolute atomic E-state index is 11.6. The van der Waals surface area contributed by atoms with E-state index in [1.54, 1.807) is 6.07 Å². The summed E-state index contributed by atoms with van der Waals surface area (Å²) in [5, 5.41) is 5.25. The van der Waals surface area contributed by atoms with Gasteiger partial charge in [0.25, 0.3) is 5.91 Å². The van der Waals surface area contributed by atoms with Crippen molar-refractivity contribution in [3.05, 3.63) is 30.2 Å². The van der Waals surface area contributed by atoms with Gasteiger partial charge in [-0.1, -0.05) is 0 Å². The Morgan fingerprint density at radius 3 is 2.86 bits per heavy atom. The van der Waals surface area contributed by atoms with Gasteiger partial charge >= 0.3 is 0 Å². The number of hydrogen-bond donors (Lipinski definition) is 2. The van der Waals surface area contributed by atoms with Crippen molar-refractivity contribution in [2.24, 2.45) is 0 Å². The van der Waals surface area contributed by atoms with Gasteiger partial charge in [-0.2, -0.15) is 0 Å². The number of pyridine rings is 1. The number of nitrogens with zero attached hydrogens (tertiary/aromatic N) is 2. The van der Waals surface area contributed by atoms with Crippen LogP contribution in [0.4, 0.5) is 0 Å². The van der Waals surface area contributed by atoms with E-state index in [9.17, 15) is 9.59 Å². The first-order chi connectivity index (χ1) is 10.1. The second-order valence-electron chi connectivity index (χ2n) is 4.61. The highest BCUT2D eigenvalue weighted by atomic mass is 16.5. The average Bonchev–Trinajstić information content (AvgIpc) is 2.81. The fourth-order valence-electron chi connectivity index (χ4n) is 1.86. The Kier molecular flexibility index (Phi) is 4.76. The lowest BCUT2D eigenvalue weighted by Crippen LogP contribution is -2.36. The van der Waals surface area contributed by atoms with E-state index in [0.29, 0.717) is 24.5 Å². The van der Waals surface area contributed by atoms with Crippen LogP contribution < -0.4 is 15.4 Å². The molecule has 2 aromatic rings. The molecule has 0 fully saturated rings. The van der Waals surface area contributed by atoms with E-state index in [2.05, 4.69) is 15.6 Å². The summed E-state index contributed by atoms with van der Waals surface area (Å²) in [7, 11) is 0. The van der Waals surface area contributed by atoms with Gasteiger partial charge in [-0.05, 0) is 19.1 Å². The second-order valence-corrected chi connectivity index (χ2v) is 4.61. The zero-order chi connectivity index (χ0) is 15.2. The van der Waals surface area contributed by atoms with Crippen LogP contribution in [-0.2, 0) is 9.59 Å². The molecule has 0 aliphatic carbocycles. The van der Waals surface area contributed by atoms with Crippen molar-refractivity contribution in [2.75, 3.05) is 19.7 Å². The molecule has 0 saturated heterocycles. The molecule has 0 aliphatic heterocycles. The number of imidazole rings is 1. The second kappa shape index (κ2) is 6.74. The zero-order valence-corrected chi connectivity index (χ0v) is 12.0. The highest BCUT2D eigenvalue weighted by Gasteiger charge is 2.07. The molecule has 2 rings (SSSR count). The molecule has 0 unspecified atom stereocenters. The minimum atomic E-state index is -0.245. The molecule has 0 aliphatic rings. The Bertz CT molecular complexity index is 651. The van der Waals surface area contributed by atoms with Crippen LogP contribution in [0.3, 0.4) is 0 Å². The molecule has 2 amide bonds. The lowest BCUT2D eigenvalue weighted by atomic mass is 10.4. The predicted molar refractivity (Wildman–Crippen MR) is 77.1 cm³/mol. The van der Waals surface area contributed by atoms with Gasteiger partial charge in [0.1, 0.15) is 0 Å². The van der Waals surface area contributed by atoms with Crippen LogP contribution in [0.5, 0.6) is 5.75 Å². The molecule has 0 aromatic carbocycles. The molecule has 0 bridgehead atoms. The van der Waals surface area contributed by atoms with Crippen LogP contribution in [0.1, 0.15) is 12.6 Å². The quantitative estimate of drug-likeness (QED) is 0.748. The van der Waals surface area contributed by atoms with E-state index >= 15 is 0 Å². The van der Waals surface area contributed by atoms with Gasteiger partial charge in [0.05, 0.1) is 5.69 Å². The first kappa shape index (κ1) is 14.8. The number of nitrogens with one attached hydrogen (secondary N) is 2. The van der Waals surface area contributed by atoms with E-state index in [-0.39, 0.29) is 18.4 Å². The number of aromatic nitrogens is 2. The third-order valence-electron chi connectivity index (χ3n) is 2.75. The Labute approximate surface area is 122 Å². The van der Waals surface area contributed by atoms with Crippen molar-refractivity contribution in [1.82, 2.24) is 20.0 Å². The van der Waals surface area contributed by atoms with Gasteiger partial charge in [-0.3, -0.25) is 9.59 Å². The lowest BCUT2D eigenvalue weighted by molar-refractivity contribution is -0.123. The van der Waals surface area contributed by atoms with E-state index in [0.717, 1.165) is 5.69 Å². The lowest BCUT2D eigenvalue weighted by Gasteiger charge is -2.08. The van der Waals surface area contributed by atoms with E-state index < -0.39 is 0 Å². The van der Waals surface area contributed by atoms with Crippen LogP contribution in [0.2, 0.25) is 0 Å². The number of rotatable bonds is 6. The Balaban J connectivity index is 1.84. The molecule has 7 nitrogen and oxygen atoms in total. The summed E-state index contributed by atoms with van der Waals surface area (Å²) in [6.45, 7) is 4.00. The highest BCUT2D eigenvalue weighted by molar-refractivity contribution is 5.78. The Hall–Kier alpha value is -2.57. The van der Waals surface area contributed by atoms with Crippen LogP contribution in [0.15, 0.2) is 24.5 Å². The predicted octanol–water partition coefficient (Wildman–Crippen LogP) is 0.274. The molecular weight excluding hydrogens is 272 g/mol. The molecule has 0 radical (unpaired) electrons. The summed E-state index contributed by atoms with van der Waals surface area (Å²) in [6.07, 6.45) is 3.76. The van der Waals surface area contributed by atoms with Crippen molar-refractivity contribution in [2.45, 2.75) is 13.8 Å². The van der Waals surface area contributed by atoms with Gasteiger partial charge in [0.15, 0.2) is 18.0 Å². The number of aryl methyl sites for hydroxylation is 1. The van der Waals surface area contributed by atoms with Crippen LogP contribution in [0, 0.1) is 6.92 Å². The highest BCUT2D eigenvalue weighted by Crippen LogP contribution is 2.18. The van der Waals surface area contributed by atoms with Crippen molar-refractivity contribution >= 4 is 17.5 Å². The smallest absolute Gasteiger partial charge is 0.258 e. The third kappa shape index (κ3) is 4.20. The van der Waals surface area contributed by atoms with Gasteiger partial charge in [0.2, 0.25) is 5.91 Å². The number of carbonyl (C=O) groups excluding carboxylic acids is 2. The number of amides is 2. The largest absolute Gasteiger partial charge is 0.480 e. The van der Waals surface area contributed by atoms with E-state index in [4.69, 9.17) is 4.74 Å². The number of ether oxygens (including phenoxy) is 1. The third-order valence-corrected chi connectivity index (χ3v) is 2.75. The fourth-order valence-corrected chi connectivity index (χ4v) is 1.86. The number of fused-ring (bicyclic) bond motifs is 1. The summed E-state index contributed by atoms with van der Waals surface area (Å²) >= 11 is 0. The molecule has 0 atom stereocenters. The monoisotopic (exact) mass is 290 g/mol. The van der Waals surface area contributed by atoms with Crippen LogP contribution in [-0.4, -0.2) is 40.9 Å². The molecule has 0 saturated carbocycles. The van der Waals surface area contributed by atoms with E-state index in [1.165, 1.54) is 6.92 Å². The Morgan fingerprint density at radius 2 is 2.10 bits per heavy atom. The topological polar surface area (TPSA) is 84.7 Å². The van der Waals surface area contributed by atoms with E-state index in [1.807, 2.05) is 29.8 Å². The molecule has 7 heteroatoms. The molecule has 0 spiro atoms. The van der Waals surface area contributed by atoms with Gasteiger partial charge < -0.3 is 19.8 Å². The maximum atomic E-state index is 11.6. The first-order valence-corrected chi connectivity index (χ1v) is 6.64. The minimum Gasteiger partial charge on any atom is -0.480 e. The SMILES string of the molecule is CC(=O)NCCNC(=O)COc1cccn2cc(C)nc12. The molecule has 2 heterocycles. The van der Waals surface area contributed by atoms with Crippen LogP contribution in [0.25, 0.3) is 5.65 Å². The molecule has 2 N–H and O–H groups in total. The molecule has 112 valence electrons. The standard InChI is InChI=1S/C14H18N4O3/c1-10-8-18-7-3-4-12(14(18)17-10)21-9-13(20)16-6-5-15-11(2)19/h3-4,7-8H,5-6,9H2,1-2H3,(H,15,19)(H,16,20). The summed E-state index contributed by atoms with van der Waals surface area (Å²) in [5.74, 6) is 0.190.